The fraction of sp³-hybridized carbons (Fsp3) is 0.733. The number of carbonyl (C=O) groups is 2. The molecule has 4 atom stereocenters. The molecule has 0 aliphatic heterocycles. The van der Waals surface area contributed by atoms with Crippen molar-refractivity contribution in [2.24, 2.45) is 29.1 Å². The van der Waals surface area contributed by atoms with Crippen LogP contribution in [0.2, 0.25) is 0 Å². The van der Waals surface area contributed by atoms with Gasteiger partial charge in [-0.3, -0.25) is 4.79 Å². The molecule has 0 aromatic rings. The summed E-state index contributed by atoms with van der Waals surface area (Å²) < 4.78 is 0. The summed E-state index contributed by atoms with van der Waals surface area (Å²) >= 11 is 0. The molecule has 0 radical (unpaired) electrons. The van der Waals surface area contributed by atoms with Gasteiger partial charge in [0.15, 0.2) is 5.78 Å². The van der Waals surface area contributed by atoms with Gasteiger partial charge < -0.3 is 4.79 Å². The zero-order chi connectivity index (χ0) is 12.8. The summed E-state index contributed by atoms with van der Waals surface area (Å²) in [6.07, 6.45) is 4.93. The van der Waals surface area contributed by atoms with Gasteiger partial charge in [0, 0.05) is 11.8 Å². The van der Waals surface area contributed by atoms with Crippen LogP contribution in [0.5, 0.6) is 0 Å². The van der Waals surface area contributed by atoms with Crippen LogP contribution in [-0.2, 0) is 9.59 Å². The van der Waals surface area contributed by atoms with Gasteiger partial charge >= 0.3 is 0 Å². The number of aldehydes is 1. The van der Waals surface area contributed by atoms with Crippen LogP contribution in [-0.4, -0.2) is 12.1 Å². The van der Waals surface area contributed by atoms with Crippen molar-refractivity contribution in [2.75, 3.05) is 0 Å². The summed E-state index contributed by atoms with van der Waals surface area (Å²) in [5.41, 5.74) is 1.02. The first-order chi connectivity index (χ1) is 7.91. The van der Waals surface area contributed by atoms with E-state index in [1.807, 2.05) is 6.92 Å². The minimum Gasteiger partial charge on any atom is -0.303 e. The minimum absolute atomic E-state index is 0.0741. The Morgan fingerprint density at radius 3 is 2.65 bits per heavy atom. The van der Waals surface area contributed by atoms with Gasteiger partial charge in [0.2, 0.25) is 0 Å². The number of fused-ring (bicyclic) bond motifs is 2. The van der Waals surface area contributed by atoms with E-state index in [9.17, 15) is 9.59 Å². The molecular weight excluding hydrogens is 212 g/mol. The van der Waals surface area contributed by atoms with Crippen LogP contribution in [0.4, 0.5) is 0 Å². The van der Waals surface area contributed by atoms with Crippen LogP contribution in [0.1, 0.15) is 40.5 Å². The minimum atomic E-state index is -0.110. The fourth-order valence-electron chi connectivity index (χ4n) is 3.78. The van der Waals surface area contributed by atoms with E-state index in [-0.39, 0.29) is 23.0 Å². The number of allylic oxidation sites excluding steroid dienone is 2. The van der Waals surface area contributed by atoms with Crippen molar-refractivity contribution in [3.63, 3.8) is 0 Å². The Bertz CT molecular complexity index is 380. The van der Waals surface area contributed by atoms with Crippen LogP contribution in [0.15, 0.2) is 11.6 Å². The first-order valence-electron chi connectivity index (χ1n) is 6.59. The van der Waals surface area contributed by atoms with Crippen LogP contribution in [0, 0.1) is 29.1 Å². The molecule has 4 unspecified atom stereocenters. The Morgan fingerprint density at radius 1 is 1.47 bits per heavy atom. The summed E-state index contributed by atoms with van der Waals surface area (Å²) in [5.74, 6) is 0.837. The normalized spacial score (nSPS) is 41.4. The maximum absolute atomic E-state index is 12.2. The first kappa shape index (κ1) is 12.5. The van der Waals surface area contributed by atoms with Gasteiger partial charge in [0.05, 0.1) is 0 Å². The third kappa shape index (κ3) is 1.69. The van der Waals surface area contributed by atoms with Crippen molar-refractivity contribution >= 4 is 12.1 Å². The van der Waals surface area contributed by atoms with Crippen LogP contribution < -0.4 is 0 Å². The molecule has 0 amide bonds. The average molecular weight is 234 g/mol. The third-order valence-electron chi connectivity index (χ3n) is 5.17. The Kier molecular flexibility index (Phi) is 3.01. The summed E-state index contributed by atoms with van der Waals surface area (Å²) in [7, 11) is 0. The molecule has 17 heavy (non-hydrogen) atoms. The lowest BCUT2D eigenvalue weighted by atomic mass is 9.51. The Morgan fingerprint density at radius 2 is 2.12 bits per heavy atom. The average Bonchev–Trinajstić information content (AvgIpc) is 2.26. The van der Waals surface area contributed by atoms with E-state index in [4.69, 9.17) is 0 Å². The molecule has 94 valence electrons. The smallest absolute Gasteiger partial charge is 0.159 e. The molecule has 0 saturated heterocycles. The largest absolute Gasteiger partial charge is 0.303 e. The lowest BCUT2D eigenvalue weighted by Crippen LogP contribution is -2.50. The van der Waals surface area contributed by atoms with Crippen molar-refractivity contribution in [1.29, 1.82) is 0 Å². The highest BCUT2D eigenvalue weighted by atomic mass is 16.1. The molecule has 0 heterocycles. The number of rotatable bonds is 2. The quantitative estimate of drug-likeness (QED) is 0.688. The lowest BCUT2D eigenvalue weighted by Gasteiger charge is -2.51. The molecule has 2 rings (SSSR count). The number of hydrogen-bond donors (Lipinski definition) is 0. The van der Waals surface area contributed by atoms with Crippen molar-refractivity contribution in [2.45, 2.75) is 40.5 Å². The van der Waals surface area contributed by atoms with Crippen molar-refractivity contribution in [3.8, 4) is 0 Å². The zero-order valence-electron chi connectivity index (χ0n) is 11.2. The molecule has 2 aliphatic carbocycles. The van der Waals surface area contributed by atoms with Gasteiger partial charge in [-0.25, -0.2) is 0 Å². The highest BCUT2D eigenvalue weighted by molar-refractivity contribution is 5.96. The van der Waals surface area contributed by atoms with E-state index in [2.05, 4.69) is 20.8 Å². The van der Waals surface area contributed by atoms with E-state index in [1.165, 1.54) is 0 Å². The van der Waals surface area contributed by atoms with Gasteiger partial charge in [-0.1, -0.05) is 26.3 Å². The van der Waals surface area contributed by atoms with E-state index < -0.39 is 0 Å². The predicted octanol–water partition coefficient (Wildman–Crippen LogP) is 3.02. The molecular formula is C15H22O2. The van der Waals surface area contributed by atoms with Crippen molar-refractivity contribution in [3.05, 3.63) is 11.6 Å². The van der Waals surface area contributed by atoms with E-state index >= 15 is 0 Å². The van der Waals surface area contributed by atoms with Gasteiger partial charge in [0.25, 0.3) is 0 Å². The topological polar surface area (TPSA) is 34.1 Å². The monoisotopic (exact) mass is 234 g/mol. The SMILES string of the molecule is CC1=CC(=O)C2C(C(C)C)CCC1(C)C2C=O. The zero-order valence-corrected chi connectivity index (χ0v) is 11.2. The molecule has 2 heteroatoms. The van der Waals surface area contributed by atoms with Crippen LogP contribution >= 0.6 is 0 Å². The lowest BCUT2D eigenvalue weighted by molar-refractivity contribution is -0.136. The van der Waals surface area contributed by atoms with E-state index in [1.54, 1.807) is 6.08 Å². The summed E-state index contributed by atoms with van der Waals surface area (Å²) in [6.45, 7) is 8.47. The second-order valence-corrected chi connectivity index (χ2v) is 6.28. The first-order valence-corrected chi connectivity index (χ1v) is 6.59. The number of carbonyl (C=O) groups excluding carboxylic acids is 2. The Balaban J connectivity index is 2.48. The summed E-state index contributed by atoms with van der Waals surface area (Å²) in [5, 5.41) is 0. The van der Waals surface area contributed by atoms with E-state index in [0.29, 0.717) is 11.8 Å². The van der Waals surface area contributed by atoms with Crippen molar-refractivity contribution in [1.82, 2.24) is 0 Å². The summed E-state index contributed by atoms with van der Waals surface area (Å²) in [6, 6.07) is 0. The maximum atomic E-state index is 12.2. The second-order valence-electron chi connectivity index (χ2n) is 6.28. The van der Waals surface area contributed by atoms with Crippen LogP contribution in [0.3, 0.4) is 0 Å². The maximum Gasteiger partial charge on any atom is 0.159 e. The molecule has 1 fully saturated rings. The molecule has 1 saturated carbocycles. The fourth-order valence-corrected chi connectivity index (χ4v) is 3.78. The van der Waals surface area contributed by atoms with E-state index in [0.717, 1.165) is 24.7 Å². The number of hydrogen-bond acceptors (Lipinski definition) is 2. The second kappa shape index (κ2) is 4.08. The van der Waals surface area contributed by atoms with Gasteiger partial charge in [-0.05, 0) is 43.1 Å². The Hall–Kier alpha value is -0.920. The van der Waals surface area contributed by atoms with Crippen molar-refractivity contribution < 1.29 is 9.59 Å². The van der Waals surface area contributed by atoms with Gasteiger partial charge in [-0.15, -0.1) is 0 Å². The molecule has 0 spiro atoms. The molecule has 0 aromatic heterocycles. The standard InChI is InChI=1S/C15H22O2/c1-9(2)11-5-6-15(4)10(3)7-13(17)14(11)12(15)8-16/h7-9,11-12,14H,5-6H2,1-4H3. The van der Waals surface area contributed by atoms with Gasteiger partial charge in [-0.2, -0.15) is 0 Å². The molecule has 0 aromatic carbocycles. The highest BCUT2D eigenvalue weighted by Gasteiger charge is 2.52. The summed E-state index contributed by atoms with van der Waals surface area (Å²) in [4.78, 5) is 23.7. The van der Waals surface area contributed by atoms with Crippen LogP contribution in [0.25, 0.3) is 0 Å². The molecule has 2 bridgehead atoms. The van der Waals surface area contributed by atoms with Gasteiger partial charge in [0.1, 0.15) is 6.29 Å². The molecule has 2 aliphatic rings. The Labute approximate surface area is 103 Å². The number of ketones is 1. The molecule has 0 N–H and O–H groups in total. The predicted molar refractivity (Wildman–Crippen MR) is 67.5 cm³/mol. The highest BCUT2D eigenvalue weighted by Crippen LogP contribution is 2.54. The molecule has 2 nitrogen and oxygen atoms in total. The third-order valence-corrected chi connectivity index (χ3v) is 5.17.